The van der Waals surface area contributed by atoms with Gasteiger partial charge in [0.1, 0.15) is 5.75 Å². The highest BCUT2D eigenvalue weighted by atomic mass is 32.2. The average Bonchev–Trinajstić information content (AvgIpc) is 3.20. The van der Waals surface area contributed by atoms with E-state index in [9.17, 15) is 13.2 Å². The van der Waals surface area contributed by atoms with Crippen molar-refractivity contribution >= 4 is 33.3 Å². The number of hydrogen-bond acceptors (Lipinski definition) is 5. The highest BCUT2D eigenvalue weighted by Gasteiger charge is 2.29. The summed E-state index contributed by atoms with van der Waals surface area (Å²) in [6, 6.07) is 8.37. The van der Waals surface area contributed by atoms with Gasteiger partial charge in [0.2, 0.25) is 15.9 Å². The van der Waals surface area contributed by atoms with E-state index < -0.39 is 10.0 Å². The maximum Gasteiger partial charge on any atom is 0.246 e. The Labute approximate surface area is 163 Å². The molecule has 1 aliphatic rings. The molecule has 1 aliphatic heterocycles. The zero-order valence-corrected chi connectivity index (χ0v) is 16.7. The van der Waals surface area contributed by atoms with E-state index in [1.165, 1.54) is 4.31 Å². The highest BCUT2D eigenvalue weighted by Crippen LogP contribution is 2.21. The molecule has 8 heteroatoms. The van der Waals surface area contributed by atoms with Crippen molar-refractivity contribution in [3.63, 3.8) is 0 Å². The lowest BCUT2D eigenvalue weighted by Crippen LogP contribution is -2.50. The molecule has 0 unspecified atom stereocenters. The fourth-order valence-corrected chi connectivity index (χ4v) is 4.87. The number of benzene rings is 1. The molecule has 2 aromatic rings. The van der Waals surface area contributed by atoms with Crippen LogP contribution >= 0.6 is 11.3 Å². The highest BCUT2D eigenvalue weighted by molar-refractivity contribution is 7.89. The Morgan fingerprint density at radius 3 is 2.44 bits per heavy atom. The molecule has 0 spiro atoms. The standard InChI is InChI=1S/C19H22N2O4S2/c1-2-25-17-4-6-18(7-5-17)27(23,24)21-12-10-20(11-13-21)19(22)8-3-16-9-14-26-15-16/h3-9,14-15H,2,10-13H2,1H3. The molecule has 0 radical (unpaired) electrons. The second-order valence-corrected chi connectivity index (χ2v) is 8.74. The summed E-state index contributed by atoms with van der Waals surface area (Å²) < 4.78 is 32.3. The number of carbonyl (C=O) groups excluding carboxylic acids is 1. The Kier molecular flexibility index (Phi) is 6.30. The topological polar surface area (TPSA) is 66.9 Å². The number of carbonyl (C=O) groups is 1. The van der Waals surface area contributed by atoms with Gasteiger partial charge < -0.3 is 9.64 Å². The maximum atomic E-state index is 12.8. The van der Waals surface area contributed by atoms with Crippen molar-refractivity contribution in [2.24, 2.45) is 0 Å². The van der Waals surface area contributed by atoms with Gasteiger partial charge in [0.05, 0.1) is 11.5 Å². The minimum Gasteiger partial charge on any atom is -0.494 e. The summed E-state index contributed by atoms with van der Waals surface area (Å²) in [6.07, 6.45) is 3.32. The van der Waals surface area contributed by atoms with Crippen LogP contribution in [0.1, 0.15) is 12.5 Å². The predicted octanol–water partition coefficient (Wildman–Crippen LogP) is 2.69. The molecule has 0 saturated carbocycles. The number of ether oxygens (including phenoxy) is 1. The SMILES string of the molecule is CCOc1ccc(S(=O)(=O)N2CCN(C(=O)C=Cc3ccsc3)CC2)cc1. The molecule has 0 aliphatic carbocycles. The van der Waals surface area contributed by atoms with Gasteiger partial charge in [0.15, 0.2) is 0 Å². The number of hydrogen-bond donors (Lipinski definition) is 0. The van der Waals surface area contributed by atoms with Crippen molar-refractivity contribution < 1.29 is 17.9 Å². The first kappa shape index (κ1) is 19.6. The first-order chi connectivity index (χ1) is 13.0. The Morgan fingerprint density at radius 2 is 1.85 bits per heavy atom. The van der Waals surface area contributed by atoms with Crippen LogP contribution < -0.4 is 4.74 Å². The van der Waals surface area contributed by atoms with E-state index in [4.69, 9.17) is 4.74 Å². The normalized spacial score (nSPS) is 16.0. The van der Waals surface area contributed by atoms with Gasteiger partial charge in [-0.15, -0.1) is 0 Å². The second kappa shape index (κ2) is 8.69. The summed E-state index contributed by atoms with van der Waals surface area (Å²) >= 11 is 1.57. The lowest BCUT2D eigenvalue weighted by atomic mass is 10.3. The molecule has 0 atom stereocenters. The molecular formula is C19H22N2O4S2. The Morgan fingerprint density at radius 1 is 1.15 bits per heavy atom. The molecule has 144 valence electrons. The molecule has 1 fully saturated rings. The van der Waals surface area contributed by atoms with E-state index >= 15 is 0 Å². The van der Waals surface area contributed by atoms with Crippen LogP contribution in [0.4, 0.5) is 0 Å². The van der Waals surface area contributed by atoms with E-state index in [-0.39, 0.29) is 23.9 Å². The number of sulfonamides is 1. The van der Waals surface area contributed by atoms with Gasteiger partial charge in [-0.1, -0.05) is 0 Å². The molecule has 6 nitrogen and oxygen atoms in total. The summed E-state index contributed by atoms with van der Waals surface area (Å²) in [4.78, 5) is 14.2. The lowest BCUT2D eigenvalue weighted by Gasteiger charge is -2.33. The molecule has 1 aromatic heterocycles. The minimum atomic E-state index is -3.57. The van der Waals surface area contributed by atoms with Crippen molar-refractivity contribution in [1.29, 1.82) is 0 Å². The molecule has 0 bridgehead atoms. The average molecular weight is 407 g/mol. The summed E-state index contributed by atoms with van der Waals surface area (Å²) in [6.45, 7) is 3.73. The number of rotatable bonds is 6. The van der Waals surface area contributed by atoms with Crippen molar-refractivity contribution in [3.8, 4) is 5.75 Å². The molecule has 3 rings (SSSR count). The van der Waals surface area contributed by atoms with Gasteiger partial charge in [0, 0.05) is 32.3 Å². The molecule has 27 heavy (non-hydrogen) atoms. The van der Waals surface area contributed by atoms with E-state index in [0.29, 0.717) is 25.4 Å². The Bertz CT molecular complexity index is 882. The smallest absolute Gasteiger partial charge is 0.246 e. The van der Waals surface area contributed by atoms with Crippen LogP contribution in [-0.2, 0) is 14.8 Å². The van der Waals surface area contributed by atoms with E-state index in [0.717, 1.165) is 5.56 Å². The van der Waals surface area contributed by atoms with Crippen molar-refractivity contribution in [2.75, 3.05) is 32.8 Å². The molecule has 2 heterocycles. The van der Waals surface area contributed by atoms with Crippen LogP contribution in [-0.4, -0.2) is 56.3 Å². The number of nitrogens with zero attached hydrogens (tertiary/aromatic N) is 2. The van der Waals surface area contributed by atoms with Crippen LogP contribution in [0.2, 0.25) is 0 Å². The third-order valence-corrected chi connectivity index (χ3v) is 6.90. The number of piperazine rings is 1. The third kappa shape index (κ3) is 4.77. The second-order valence-electron chi connectivity index (χ2n) is 6.02. The van der Waals surface area contributed by atoms with Crippen LogP contribution in [0, 0.1) is 0 Å². The van der Waals surface area contributed by atoms with E-state index in [1.54, 1.807) is 52.7 Å². The van der Waals surface area contributed by atoms with Crippen molar-refractivity contribution in [3.05, 3.63) is 52.7 Å². The van der Waals surface area contributed by atoms with Crippen molar-refractivity contribution in [1.82, 2.24) is 9.21 Å². The van der Waals surface area contributed by atoms with Crippen LogP contribution in [0.5, 0.6) is 5.75 Å². The van der Waals surface area contributed by atoms with Crippen molar-refractivity contribution in [2.45, 2.75) is 11.8 Å². The summed E-state index contributed by atoms with van der Waals surface area (Å²) in [5.74, 6) is 0.545. The quantitative estimate of drug-likeness (QED) is 0.692. The molecule has 1 aromatic carbocycles. The maximum absolute atomic E-state index is 12.8. The fourth-order valence-electron chi connectivity index (χ4n) is 2.82. The summed E-state index contributed by atoms with van der Waals surface area (Å²) in [5, 5.41) is 3.92. The van der Waals surface area contributed by atoms with Gasteiger partial charge in [-0.05, 0) is 59.7 Å². The van der Waals surface area contributed by atoms with Gasteiger partial charge in [-0.2, -0.15) is 15.6 Å². The first-order valence-electron chi connectivity index (χ1n) is 8.73. The minimum absolute atomic E-state index is 0.0979. The number of amides is 1. The number of thiophene rings is 1. The zero-order chi connectivity index (χ0) is 19.3. The predicted molar refractivity (Wildman–Crippen MR) is 106 cm³/mol. The largest absolute Gasteiger partial charge is 0.494 e. The Hall–Kier alpha value is -2.16. The van der Waals surface area contributed by atoms with Gasteiger partial charge >= 0.3 is 0 Å². The van der Waals surface area contributed by atoms with Crippen LogP contribution in [0.15, 0.2) is 52.1 Å². The van der Waals surface area contributed by atoms with E-state index in [2.05, 4.69) is 0 Å². The summed E-state index contributed by atoms with van der Waals surface area (Å²) in [5.41, 5.74) is 0.991. The molecule has 0 N–H and O–H groups in total. The lowest BCUT2D eigenvalue weighted by molar-refractivity contribution is -0.127. The van der Waals surface area contributed by atoms with Crippen LogP contribution in [0.3, 0.4) is 0 Å². The van der Waals surface area contributed by atoms with Gasteiger partial charge in [-0.3, -0.25) is 4.79 Å². The van der Waals surface area contributed by atoms with Gasteiger partial charge in [-0.25, -0.2) is 8.42 Å². The molecule has 1 saturated heterocycles. The molecular weight excluding hydrogens is 384 g/mol. The third-order valence-electron chi connectivity index (χ3n) is 4.28. The first-order valence-corrected chi connectivity index (χ1v) is 11.1. The monoisotopic (exact) mass is 406 g/mol. The molecule has 1 amide bonds. The van der Waals surface area contributed by atoms with E-state index in [1.807, 2.05) is 23.8 Å². The fraction of sp³-hybridized carbons (Fsp3) is 0.316. The summed E-state index contributed by atoms with van der Waals surface area (Å²) in [7, 11) is -3.57. The van der Waals surface area contributed by atoms with Crippen LogP contribution in [0.25, 0.3) is 6.08 Å². The van der Waals surface area contributed by atoms with Gasteiger partial charge in [0.25, 0.3) is 0 Å². The Balaban J connectivity index is 1.59. The zero-order valence-electron chi connectivity index (χ0n) is 15.1.